The van der Waals surface area contributed by atoms with E-state index in [1.807, 2.05) is 6.92 Å². The number of hydrogen-bond acceptors (Lipinski definition) is 3. The minimum atomic E-state index is -0.902. The Bertz CT molecular complexity index is 477. The van der Waals surface area contributed by atoms with Crippen molar-refractivity contribution in [1.82, 2.24) is 5.32 Å². The van der Waals surface area contributed by atoms with E-state index in [0.29, 0.717) is 13.0 Å². The second-order valence-electron chi connectivity index (χ2n) is 4.42. The summed E-state index contributed by atoms with van der Waals surface area (Å²) in [6.45, 7) is 2.30. The lowest BCUT2D eigenvalue weighted by molar-refractivity contribution is -0.115. The molecule has 1 aromatic rings. The summed E-state index contributed by atoms with van der Waals surface area (Å²) in [4.78, 5) is 11.5. The molecule has 0 fully saturated rings. The fourth-order valence-corrected chi connectivity index (χ4v) is 1.92. The largest absolute Gasteiger partial charge is 0.320 e. The third-order valence-corrected chi connectivity index (χ3v) is 4.18. The van der Waals surface area contributed by atoms with E-state index in [9.17, 15) is 17.8 Å². The van der Waals surface area contributed by atoms with Crippen LogP contribution < -0.4 is 10.6 Å². The van der Waals surface area contributed by atoms with E-state index in [2.05, 4.69) is 10.6 Å². The molecule has 0 heterocycles. The number of carbonyl (C=O) groups is 1. The highest BCUT2D eigenvalue weighted by Crippen LogP contribution is 2.17. The van der Waals surface area contributed by atoms with Crippen molar-refractivity contribution in [3.8, 4) is 0 Å². The molecule has 2 atom stereocenters. The zero-order chi connectivity index (χ0) is 15.1. The molecular formula is C13H18F2N2O2S. The standard InChI is InChI=1S/C13H18F2N2O2S/c1-9(20(2)19)6-7-16-8-12(18)17-13-10(14)4-3-5-11(13)15/h3-5,9,16H,6-8H2,1-2H3,(H,17,18). The van der Waals surface area contributed by atoms with E-state index in [1.54, 1.807) is 6.26 Å². The summed E-state index contributed by atoms with van der Waals surface area (Å²) < 4.78 is 37.7. The molecule has 0 saturated heterocycles. The van der Waals surface area contributed by atoms with Gasteiger partial charge in [0.1, 0.15) is 17.3 Å². The number of hydrogen-bond donors (Lipinski definition) is 2. The first-order valence-electron chi connectivity index (χ1n) is 6.18. The van der Waals surface area contributed by atoms with Crippen LogP contribution in [0, 0.1) is 11.6 Å². The molecule has 112 valence electrons. The summed E-state index contributed by atoms with van der Waals surface area (Å²) in [7, 11) is -0.902. The average Bonchev–Trinajstić information content (AvgIpc) is 2.38. The van der Waals surface area contributed by atoms with Gasteiger partial charge in [0.25, 0.3) is 0 Å². The zero-order valence-electron chi connectivity index (χ0n) is 11.4. The monoisotopic (exact) mass is 304 g/mol. The van der Waals surface area contributed by atoms with Gasteiger partial charge in [-0.1, -0.05) is 13.0 Å². The molecule has 1 aromatic carbocycles. The first kappa shape index (κ1) is 16.7. The lowest BCUT2D eigenvalue weighted by atomic mass is 10.3. The van der Waals surface area contributed by atoms with Gasteiger partial charge in [-0.05, 0) is 25.1 Å². The Kier molecular flexibility index (Phi) is 6.74. The fraction of sp³-hybridized carbons (Fsp3) is 0.462. The minimum Gasteiger partial charge on any atom is -0.320 e. The van der Waals surface area contributed by atoms with Gasteiger partial charge in [-0.3, -0.25) is 9.00 Å². The van der Waals surface area contributed by atoms with Crippen LogP contribution in [-0.4, -0.2) is 34.7 Å². The van der Waals surface area contributed by atoms with Crippen molar-refractivity contribution in [1.29, 1.82) is 0 Å². The van der Waals surface area contributed by atoms with Gasteiger partial charge in [0.2, 0.25) is 5.91 Å². The van der Waals surface area contributed by atoms with Crippen molar-refractivity contribution in [3.63, 3.8) is 0 Å². The van der Waals surface area contributed by atoms with E-state index in [1.165, 1.54) is 6.07 Å². The number of amides is 1. The Morgan fingerprint density at radius 2 is 1.95 bits per heavy atom. The van der Waals surface area contributed by atoms with Crippen LogP contribution in [0.15, 0.2) is 18.2 Å². The van der Waals surface area contributed by atoms with Crippen molar-refractivity contribution >= 4 is 22.4 Å². The smallest absolute Gasteiger partial charge is 0.238 e. The lowest BCUT2D eigenvalue weighted by Crippen LogP contribution is -2.30. The number of rotatable bonds is 7. The summed E-state index contributed by atoms with van der Waals surface area (Å²) >= 11 is 0. The number of anilines is 1. The van der Waals surface area contributed by atoms with Crippen LogP contribution in [0.3, 0.4) is 0 Å². The molecule has 0 aromatic heterocycles. The molecule has 0 bridgehead atoms. The fourth-order valence-electron chi connectivity index (χ4n) is 1.47. The van der Waals surface area contributed by atoms with Crippen LogP contribution in [0.5, 0.6) is 0 Å². The summed E-state index contributed by atoms with van der Waals surface area (Å²) in [5.41, 5.74) is -0.442. The number of para-hydroxylation sites is 1. The Morgan fingerprint density at radius 3 is 2.50 bits per heavy atom. The second-order valence-corrected chi connectivity index (χ2v) is 6.22. The Morgan fingerprint density at radius 1 is 1.35 bits per heavy atom. The first-order valence-corrected chi connectivity index (χ1v) is 7.80. The zero-order valence-corrected chi connectivity index (χ0v) is 12.2. The molecule has 1 rings (SSSR count). The molecule has 0 aliphatic carbocycles. The van der Waals surface area contributed by atoms with E-state index in [-0.39, 0.29) is 11.8 Å². The molecule has 0 aliphatic heterocycles. The Hall–Kier alpha value is -1.34. The van der Waals surface area contributed by atoms with Crippen LogP contribution in [-0.2, 0) is 15.6 Å². The van der Waals surface area contributed by atoms with E-state index in [4.69, 9.17) is 0 Å². The van der Waals surface area contributed by atoms with Crippen LogP contribution in [0.1, 0.15) is 13.3 Å². The molecule has 20 heavy (non-hydrogen) atoms. The summed E-state index contributed by atoms with van der Waals surface area (Å²) in [6, 6.07) is 3.37. The highest BCUT2D eigenvalue weighted by molar-refractivity contribution is 7.84. The van der Waals surface area contributed by atoms with Gasteiger partial charge < -0.3 is 10.6 Å². The predicted molar refractivity (Wildman–Crippen MR) is 76.0 cm³/mol. The van der Waals surface area contributed by atoms with Crippen LogP contribution in [0.2, 0.25) is 0 Å². The third-order valence-electron chi connectivity index (χ3n) is 2.81. The topological polar surface area (TPSA) is 58.2 Å². The van der Waals surface area contributed by atoms with Gasteiger partial charge in [0.05, 0.1) is 6.54 Å². The van der Waals surface area contributed by atoms with Crippen LogP contribution in [0.25, 0.3) is 0 Å². The minimum absolute atomic E-state index is 0.0366. The molecule has 0 spiro atoms. The van der Waals surface area contributed by atoms with Gasteiger partial charge in [-0.15, -0.1) is 0 Å². The van der Waals surface area contributed by atoms with Crippen molar-refractivity contribution in [2.45, 2.75) is 18.6 Å². The highest BCUT2D eigenvalue weighted by Gasteiger charge is 2.11. The van der Waals surface area contributed by atoms with E-state index >= 15 is 0 Å². The molecule has 2 N–H and O–H groups in total. The van der Waals surface area contributed by atoms with E-state index in [0.717, 1.165) is 12.1 Å². The maximum atomic E-state index is 13.3. The van der Waals surface area contributed by atoms with E-state index < -0.39 is 34.0 Å². The number of halogens is 2. The normalized spacial score (nSPS) is 13.8. The highest BCUT2D eigenvalue weighted by atomic mass is 32.2. The van der Waals surface area contributed by atoms with Crippen LogP contribution >= 0.6 is 0 Å². The Balaban J connectivity index is 2.36. The van der Waals surface area contributed by atoms with Crippen LogP contribution in [0.4, 0.5) is 14.5 Å². The molecule has 0 aliphatic rings. The molecule has 2 unspecified atom stereocenters. The summed E-state index contributed by atoms with van der Waals surface area (Å²) in [5, 5.41) is 5.05. The predicted octanol–water partition coefficient (Wildman–Crippen LogP) is 1.65. The van der Waals surface area contributed by atoms with Crippen molar-refractivity contribution in [2.24, 2.45) is 0 Å². The SMILES string of the molecule is CC(CCNCC(=O)Nc1c(F)cccc1F)S(C)=O. The first-order chi connectivity index (χ1) is 9.41. The molecule has 1 amide bonds. The number of nitrogens with one attached hydrogen (secondary N) is 2. The molecule has 0 saturated carbocycles. The maximum absolute atomic E-state index is 13.3. The third kappa shape index (κ3) is 5.34. The molecule has 0 radical (unpaired) electrons. The van der Waals surface area contributed by atoms with Gasteiger partial charge in [0.15, 0.2) is 0 Å². The summed E-state index contributed by atoms with van der Waals surface area (Å²) in [5.74, 6) is -2.15. The Labute approximate surface area is 119 Å². The average molecular weight is 304 g/mol. The molecule has 7 heteroatoms. The second kappa shape index (κ2) is 8.06. The molecule has 4 nitrogen and oxygen atoms in total. The molecular weight excluding hydrogens is 286 g/mol. The summed E-state index contributed by atoms with van der Waals surface area (Å²) in [6.07, 6.45) is 2.28. The van der Waals surface area contributed by atoms with Gasteiger partial charge in [-0.2, -0.15) is 0 Å². The van der Waals surface area contributed by atoms with Gasteiger partial charge >= 0.3 is 0 Å². The van der Waals surface area contributed by atoms with Gasteiger partial charge in [0, 0.05) is 22.3 Å². The van der Waals surface area contributed by atoms with Crippen molar-refractivity contribution in [2.75, 3.05) is 24.7 Å². The van der Waals surface area contributed by atoms with Crippen molar-refractivity contribution < 1.29 is 17.8 Å². The number of benzene rings is 1. The van der Waals surface area contributed by atoms with Gasteiger partial charge in [-0.25, -0.2) is 8.78 Å². The van der Waals surface area contributed by atoms with Crippen molar-refractivity contribution in [3.05, 3.63) is 29.8 Å². The quantitative estimate of drug-likeness (QED) is 0.753. The number of carbonyl (C=O) groups excluding carboxylic acids is 1. The lowest BCUT2D eigenvalue weighted by Gasteiger charge is -2.10. The maximum Gasteiger partial charge on any atom is 0.238 e.